The molecule has 0 atom stereocenters. The summed E-state index contributed by atoms with van der Waals surface area (Å²) in [5.74, 6) is -0.0825. The Bertz CT molecular complexity index is 503. The summed E-state index contributed by atoms with van der Waals surface area (Å²) in [6.45, 7) is 0.513. The zero-order chi connectivity index (χ0) is 12.8. The van der Waals surface area contributed by atoms with Crippen molar-refractivity contribution >= 4 is 5.97 Å². The van der Waals surface area contributed by atoms with Crippen LogP contribution in [0.4, 0.5) is 0 Å². The lowest BCUT2D eigenvalue weighted by Crippen LogP contribution is -2.00. The molecule has 0 heterocycles. The SMILES string of the molecule is O=C(O)C[13c]1ccc(OCc2ccccc2)c[13cH]1. The van der Waals surface area contributed by atoms with Crippen LogP contribution in [0, 0.1) is 0 Å². The van der Waals surface area contributed by atoms with E-state index in [0.29, 0.717) is 6.61 Å². The van der Waals surface area contributed by atoms with Crippen molar-refractivity contribution in [2.24, 2.45) is 0 Å². The van der Waals surface area contributed by atoms with Gasteiger partial charge < -0.3 is 9.84 Å². The van der Waals surface area contributed by atoms with Crippen molar-refractivity contribution in [3.05, 3.63) is 65.7 Å². The van der Waals surface area contributed by atoms with Crippen molar-refractivity contribution < 1.29 is 14.6 Å². The Kier molecular flexibility index (Phi) is 3.97. The highest BCUT2D eigenvalue weighted by Crippen LogP contribution is 2.14. The van der Waals surface area contributed by atoms with Gasteiger partial charge in [-0.15, -0.1) is 0 Å². The molecule has 3 heteroatoms. The second-order valence-corrected chi connectivity index (χ2v) is 3.99. The minimum Gasteiger partial charge on any atom is -0.489 e. The van der Waals surface area contributed by atoms with Crippen molar-refractivity contribution in [2.75, 3.05) is 0 Å². The Balaban J connectivity index is 1.92. The summed E-state index contributed by atoms with van der Waals surface area (Å²) in [5, 5.41) is 8.66. The van der Waals surface area contributed by atoms with Crippen LogP contribution in [-0.2, 0) is 17.8 Å². The summed E-state index contributed by atoms with van der Waals surface area (Å²) in [7, 11) is 0. The van der Waals surface area contributed by atoms with E-state index in [9.17, 15) is 4.79 Å². The Morgan fingerprint density at radius 2 is 1.61 bits per heavy atom. The van der Waals surface area contributed by atoms with E-state index in [1.807, 2.05) is 30.3 Å². The largest absolute Gasteiger partial charge is 0.489 e. The molecule has 0 aliphatic heterocycles. The van der Waals surface area contributed by atoms with E-state index in [1.165, 1.54) is 0 Å². The van der Waals surface area contributed by atoms with Gasteiger partial charge in [0.25, 0.3) is 0 Å². The minimum atomic E-state index is -0.826. The summed E-state index contributed by atoms with van der Waals surface area (Å²) in [6.07, 6.45) is 0.0406. The molecule has 0 amide bonds. The number of carboxylic acids is 1. The normalized spacial score (nSPS) is 10.0. The Morgan fingerprint density at radius 3 is 2.22 bits per heavy atom. The van der Waals surface area contributed by atoms with Crippen LogP contribution in [0.1, 0.15) is 11.1 Å². The maximum atomic E-state index is 10.5. The van der Waals surface area contributed by atoms with E-state index >= 15 is 0 Å². The number of rotatable bonds is 5. The van der Waals surface area contributed by atoms with Gasteiger partial charge in [0.2, 0.25) is 0 Å². The van der Waals surface area contributed by atoms with Crippen LogP contribution in [-0.4, -0.2) is 11.1 Å². The number of aliphatic carboxylic acids is 1. The molecule has 0 spiro atoms. The van der Waals surface area contributed by atoms with E-state index in [1.54, 1.807) is 24.3 Å². The van der Waals surface area contributed by atoms with E-state index in [0.717, 1.165) is 16.9 Å². The second kappa shape index (κ2) is 5.87. The van der Waals surface area contributed by atoms with Gasteiger partial charge in [0, 0.05) is 0 Å². The van der Waals surface area contributed by atoms with E-state index in [4.69, 9.17) is 9.84 Å². The summed E-state index contributed by atoms with van der Waals surface area (Å²) < 4.78 is 5.60. The Labute approximate surface area is 106 Å². The molecule has 0 unspecified atom stereocenters. The van der Waals surface area contributed by atoms with Crippen molar-refractivity contribution in [3.8, 4) is 5.75 Å². The molecule has 0 bridgehead atoms. The van der Waals surface area contributed by atoms with Crippen LogP contribution in [0.25, 0.3) is 0 Å². The maximum absolute atomic E-state index is 10.5. The predicted octanol–water partition coefficient (Wildman–Crippen LogP) is 2.89. The zero-order valence-corrected chi connectivity index (χ0v) is 9.87. The molecule has 0 aliphatic rings. The Hall–Kier alpha value is -2.29. The molecule has 2 aromatic rings. The first-order valence-electron chi connectivity index (χ1n) is 5.71. The molecule has 2 aromatic carbocycles. The molecule has 0 aliphatic carbocycles. The van der Waals surface area contributed by atoms with E-state index in [-0.39, 0.29) is 6.42 Å². The molecule has 2 rings (SSSR count). The van der Waals surface area contributed by atoms with E-state index < -0.39 is 5.97 Å². The number of ether oxygens (including phenoxy) is 1. The third-order valence-corrected chi connectivity index (χ3v) is 2.53. The highest BCUT2D eigenvalue weighted by atomic mass is 16.5. The molecule has 0 saturated heterocycles. The average Bonchev–Trinajstić information content (AvgIpc) is 2.38. The molecule has 0 radical (unpaired) electrons. The van der Waals surface area contributed by atoms with Crippen LogP contribution >= 0.6 is 0 Å². The van der Waals surface area contributed by atoms with Gasteiger partial charge >= 0.3 is 5.97 Å². The van der Waals surface area contributed by atoms with Crippen molar-refractivity contribution in [1.82, 2.24) is 0 Å². The summed E-state index contributed by atoms with van der Waals surface area (Å²) in [6, 6.07) is 17.0. The van der Waals surface area contributed by atoms with Gasteiger partial charge in [-0.05, 0) is 23.3 Å². The number of carbonyl (C=O) groups is 1. The van der Waals surface area contributed by atoms with Gasteiger partial charge in [-0.25, -0.2) is 0 Å². The number of hydrogen-bond donors (Lipinski definition) is 1. The van der Waals surface area contributed by atoms with E-state index in [2.05, 4.69) is 0 Å². The Morgan fingerprint density at radius 1 is 0.944 bits per heavy atom. The monoisotopic (exact) mass is 244 g/mol. The summed E-state index contributed by atoms with van der Waals surface area (Å²) in [5.41, 5.74) is 1.88. The molecule has 18 heavy (non-hydrogen) atoms. The van der Waals surface area contributed by atoms with Crippen LogP contribution in [0.15, 0.2) is 54.6 Å². The molecular weight excluding hydrogens is 230 g/mol. The molecule has 92 valence electrons. The van der Waals surface area contributed by atoms with Gasteiger partial charge in [0.1, 0.15) is 12.4 Å². The first-order chi connectivity index (χ1) is 8.74. The van der Waals surface area contributed by atoms with Crippen molar-refractivity contribution in [2.45, 2.75) is 13.0 Å². The number of benzene rings is 2. The van der Waals surface area contributed by atoms with Crippen LogP contribution in [0.5, 0.6) is 5.75 Å². The third kappa shape index (κ3) is 3.63. The van der Waals surface area contributed by atoms with Crippen LogP contribution < -0.4 is 4.74 Å². The fourth-order valence-electron chi connectivity index (χ4n) is 1.62. The fourth-order valence-corrected chi connectivity index (χ4v) is 1.62. The lowest BCUT2D eigenvalue weighted by Gasteiger charge is -2.06. The van der Waals surface area contributed by atoms with Crippen molar-refractivity contribution in [1.29, 1.82) is 0 Å². The smallest absolute Gasteiger partial charge is 0.307 e. The molecule has 0 aromatic heterocycles. The quantitative estimate of drug-likeness (QED) is 0.879. The highest BCUT2D eigenvalue weighted by Gasteiger charge is 2.00. The molecular formula is C15H14O3. The van der Waals surface area contributed by atoms with Gasteiger partial charge in [0.15, 0.2) is 0 Å². The maximum Gasteiger partial charge on any atom is 0.307 e. The third-order valence-electron chi connectivity index (χ3n) is 2.53. The van der Waals surface area contributed by atoms with Crippen molar-refractivity contribution in [3.63, 3.8) is 0 Å². The second-order valence-electron chi connectivity index (χ2n) is 3.99. The average molecular weight is 244 g/mol. The molecule has 1 N–H and O–H groups in total. The standard InChI is InChI=1S/C15H14O3/c16-15(17)10-12-6-8-14(9-7-12)18-11-13-4-2-1-3-5-13/h1-9H,10-11H2,(H,16,17)/i6+1,12+1. The first kappa shape index (κ1) is 12.2. The highest BCUT2D eigenvalue weighted by molar-refractivity contribution is 5.70. The lowest BCUT2D eigenvalue weighted by molar-refractivity contribution is -0.136. The van der Waals surface area contributed by atoms with Gasteiger partial charge in [0.05, 0.1) is 6.42 Å². The molecule has 0 saturated carbocycles. The summed E-state index contributed by atoms with van der Waals surface area (Å²) in [4.78, 5) is 10.5. The molecule has 0 fully saturated rings. The first-order valence-corrected chi connectivity index (χ1v) is 5.71. The summed E-state index contributed by atoms with van der Waals surface area (Å²) >= 11 is 0. The fraction of sp³-hybridized carbons (Fsp3) is 0.133. The number of carboxylic acid groups (broad SMARTS) is 1. The van der Waals surface area contributed by atoms with Gasteiger partial charge in [-0.1, -0.05) is 42.5 Å². The van der Waals surface area contributed by atoms with Gasteiger partial charge in [-0.3, -0.25) is 4.79 Å². The van der Waals surface area contributed by atoms with Crippen LogP contribution in [0.3, 0.4) is 0 Å². The predicted molar refractivity (Wildman–Crippen MR) is 68.6 cm³/mol. The van der Waals surface area contributed by atoms with Crippen LogP contribution in [0.2, 0.25) is 0 Å². The topological polar surface area (TPSA) is 46.5 Å². The number of hydrogen-bond acceptors (Lipinski definition) is 2. The lowest BCUT2D eigenvalue weighted by atomic mass is 10.2. The zero-order valence-electron chi connectivity index (χ0n) is 9.87. The minimum absolute atomic E-state index is 0.0406. The molecule has 3 nitrogen and oxygen atoms in total. The van der Waals surface area contributed by atoms with Gasteiger partial charge in [-0.2, -0.15) is 0 Å².